The predicted octanol–water partition coefficient (Wildman–Crippen LogP) is 4.54. The average Bonchev–Trinajstić information content (AvgIpc) is 3.02. The molecule has 0 bridgehead atoms. The fraction of sp³-hybridized carbons (Fsp3) is 0.208. The number of hydrogen-bond donors (Lipinski definition) is 1. The standard InChI is InChI=1S/C24H23N3O2/c1-15-8-16(2)10-21(9-15)26-23(28)19-12-20(14-25-13-19)24(29)27-17(3)11-18-6-4-5-7-22(18)27/h4-10,12-14,17H,11H2,1-3H3,(H,26,28). The van der Waals surface area contributed by atoms with E-state index < -0.39 is 0 Å². The number of rotatable bonds is 3. The lowest BCUT2D eigenvalue weighted by Crippen LogP contribution is -2.35. The van der Waals surface area contributed by atoms with Gasteiger partial charge in [-0.3, -0.25) is 14.6 Å². The fourth-order valence-corrected chi connectivity index (χ4v) is 3.95. The van der Waals surface area contributed by atoms with Crippen LogP contribution in [0.25, 0.3) is 0 Å². The van der Waals surface area contributed by atoms with Gasteiger partial charge in [-0.05, 0) is 68.1 Å². The first-order valence-corrected chi connectivity index (χ1v) is 9.68. The highest BCUT2D eigenvalue weighted by atomic mass is 16.2. The van der Waals surface area contributed by atoms with Gasteiger partial charge in [-0.2, -0.15) is 0 Å². The van der Waals surface area contributed by atoms with Gasteiger partial charge < -0.3 is 10.2 Å². The molecule has 0 saturated heterocycles. The van der Waals surface area contributed by atoms with E-state index in [1.165, 1.54) is 12.4 Å². The monoisotopic (exact) mass is 385 g/mol. The van der Waals surface area contributed by atoms with Crippen molar-refractivity contribution in [3.63, 3.8) is 0 Å². The fourth-order valence-electron chi connectivity index (χ4n) is 3.95. The van der Waals surface area contributed by atoms with Crippen LogP contribution in [0.2, 0.25) is 0 Å². The second-order valence-corrected chi connectivity index (χ2v) is 7.65. The minimum absolute atomic E-state index is 0.0626. The Morgan fingerprint density at radius 2 is 1.69 bits per heavy atom. The van der Waals surface area contributed by atoms with Gasteiger partial charge in [0.05, 0.1) is 11.1 Å². The van der Waals surface area contributed by atoms with Crippen LogP contribution in [0.3, 0.4) is 0 Å². The van der Waals surface area contributed by atoms with Crippen molar-refractivity contribution < 1.29 is 9.59 Å². The number of nitrogens with one attached hydrogen (secondary N) is 1. The number of carbonyl (C=O) groups is 2. The number of aryl methyl sites for hydroxylation is 2. The molecule has 4 rings (SSSR count). The molecule has 146 valence electrons. The molecule has 0 fully saturated rings. The van der Waals surface area contributed by atoms with Crippen LogP contribution in [0.4, 0.5) is 11.4 Å². The number of fused-ring (bicyclic) bond motifs is 1. The Morgan fingerprint density at radius 3 is 2.45 bits per heavy atom. The van der Waals surface area contributed by atoms with Crippen molar-refractivity contribution in [2.24, 2.45) is 0 Å². The number of para-hydroxylation sites is 1. The van der Waals surface area contributed by atoms with Crippen LogP contribution in [0.5, 0.6) is 0 Å². The molecule has 1 aromatic heterocycles. The second-order valence-electron chi connectivity index (χ2n) is 7.65. The summed E-state index contributed by atoms with van der Waals surface area (Å²) in [4.78, 5) is 31.9. The third-order valence-corrected chi connectivity index (χ3v) is 5.15. The number of carbonyl (C=O) groups excluding carboxylic acids is 2. The average molecular weight is 385 g/mol. The van der Waals surface area contributed by atoms with Crippen LogP contribution in [0.15, 0.2) is 60.9 Å². The molecular weight excluding hydrogens is 362 g/mol. The van der Waals surface area contributed by atoms with Crippen LogP contribution in [-0.4, -0.2) is 22.8 Å². The number of benzene rings is 2. The molecule has 1 N–H and O–H groups in total. The third-order valence-electron chi connectivity index (χ3n) is 5.15. The summed E-state index contributed by atoms with van der Waals surface area (Å²) in [6.45, 7) is 6.00. The Labute approximate surface area is 170 Å². The number of aromatic nitrogens is 1. The molecule has 5 heteroatoms. The first-order chi connectivity index (χ1) is 13.9. The molecule has 2 heterocycles. The Kier molecular flexibility index (Phi) is 4.89. The smallest absolute Gasteiger partial charge is 0.260 e. The quantitative estimate of drug-likeness (QED) is 0.720. The molecule has 0 spiro atoms. The van der Waals surface area contributed by atoms with Gasteiger partial charge in [0.2, 0.25) is 0 Å². The summed E-state index contributed by atoms with van der Waals surface area (Å²) in [6, 6.07) is 15.5. The van der Waals surface area contributed by atoms with Crippen molar-refractivity contribution in [3.8, 4) is 0 Å². The molecule has 3 aromatic rings. The maximum atomic E-state index is 13.2. The van der Waals surface area contributed by atoms with Crippen molar-refractivity contribution in [1.82, 2.24) is 4.98 Å². The zero-order valence-corrected chi connectivity index (χ0v) is 16.8. The Hall–Kier alpha value is -3.47. The SMILES string of the molecule is Cc1cc(C)cc(NC(=O)c2cncc(C(=O)N3c4ccccc4CC3C)c2)c1. The number of anilines is 2. The number of amides is 2. The number of hydrogen-bond acceptors (Lipinski definition) is 3. The lowest BCUT2D eigenvalue weighted by Gasteiger charge is -2.22. The van der Waals surface area contributed by atoms with Crippen molar-refractivity contribution >= 4 is 23.2 Å². The molecule has 0 saturated carbocycles. The zero-order valence-electron chi connectivity index (χ0n) is 16.8. The van der Waals surface area contributed by atoms with Crippen LogP contribution in [-0.2, 0) is 6.42 Å². The van der Waals surface area contributed by atoms with Crippen LogP contribution < -0.4 is 10.2 Å². The van der Waals surface area contributed by atoms with E-state index in [1.807, 2.05) is 63.2 Å². The highest BCUT2D eigenvalue weighted by Crippen LogP contribution is 2.33. The number of pyridine rings is 1. The van der Waals surface area contributed by atoms with Gasteiger partial charge >= 0.3 is 0 Å². The summed E-state index contributed by atoms with van der Waals surface area (Å²) >= 11 is 0. The highest BCUT2D eigenvalue weighted by molar-refractivity contribution is 6.10. The lowest BCUT2D eigenvalue weighted by molar-refractivity contribution is 0.0981. The summed E-state index contributed by atoms with van der Waals surface area (Å²) in [5, 5.41) is 2.90. The van der Waals surface area contributed by atoms with Gasteiger partial charge in [-0.15, -0.1) is 0 Å². The first kappa shape index (κ1) is 18.9. The van der Waals surface area contributed by atoms with Crippen molar-refractivity contribution in [2.45, 2.75) is 33.2 Å². The van der Waals surface area contributed by atoms with Crippen molar-refractivity contribution in [1.29, 1.82) is 0 Å². The summed E-state index contributed by atoms with van der Waals surface area (Å²) in [5.74, 6) is -0.428. The van der Waals surface area contributed by atoms with Gasteiger partial charge in [-0.1, -0.05) is 24.3 Å². The van der Waals surface area contributed by atoms with E-state index in [-0.39, 0.29) is 17.9 Å². The summed E-state index contributed by atoms with van der Waals surface area (Å²) in [6.07, 6.45) is 3.82. The first-order valence-electron chi connectivity index (χ1n) is 9.68. The molecule has 1 aliphatic rings. The van der Waals surface area contributed by atoms with Gasteiger partial charge in [-0.25, -0.2) is 0 Å². The molecule has 5 nitrogen and oxygen atoms in total. The third kappa shape index (κ3) is 3.76. The summed E-state index contributed by atoms with van der Waals surface area (Å²) in [5.41, 5.74) is 5.72. The van der Waals surface area contributed by atoms with Crippen molar-refractivity contribution in [3.05, 3.63) is 88.7 Å². The molecule has 1 atom stereocenters. The molecular formula is C24H23N3O2. The van der Waals surface area contributed by atoms with Crippen LogP contribution in [0.1, 0.15) is 44.3 Å². The van der Waals surface area contributed by atoms with Gasteiger partial charge in [0.25, 0.3) is 11.8 Å². The molecule has 2 amide bonds. The minimum atomic E-state index is -0.285. The zero-order chi connectivity index (χ0) is 20.5. The topological polar surface area (TPSA) is 62.3 Å². The Bertz CT molecular complexity index is 1090. The van der Waals surface area contributed by atoms with E-state index in [0.717, 1.165) is 34.5 Å². The van der Waals surface area contributed by atoms with Gasteiger partial charge in [0.15, 0.2) is 0 Å². The molecule has 1 aliphatic heterocycles. The van der Waals surface area contributed by atoms with Crippen molar-refractivity contribution in [2.75, 3.05) is 10.2 Å². The lowest BCUT2D eigenvalue weighted by atomic mass is 10.1. The minimum Gasteiger partial charge on any atom is -0.322 e. The number of nitrogens with zero attached hydrogens (tertiary/aromatic N) is 2. The Morgan fingerprint density at radius 1 is 1.00 bits per heavy atom. The van der Waals surface area contributed by atoms with E-state index in [4.69, 9.17) is 0 Å². The van der Waals surface area contributed by atoms with Gasteiger partial charge in [0, 0.05) is 29.8 Å². The molecule has 2 aromatic carbocycles. The summed E-state index contributed by atoms with van der Waals surface area (Å²) < 4.78 is 0. The molecule has 29 heavy (non-hydrogen) atoms. The largest absolute Gasteiger partial charge is 0.322 e. The van der Waals surface area contributed by atoms with Gasteiger partial charge in [0.1, 0.15) is 0 Å². The maximum Gasteiger partial charge on any atom is 0.260 e. The van der Waals surface area contributed by atoms with E-state index in [2.05, 4.69) is 10.3 Å². The predicted molar refractivity (Wildman–Crippen MR) is 115 cm³/mol. The maximum absolute atomic E-state index is 13.2. The molecule has 0 aliphatic carbocycles. The second kappa shape index (κ2) is 7.51. The Balaban J connectivity index is 1.59. The molecule has 0 radical (unpaired) electrons. The van der Waals surface area contributed by atoms with E-state index in [9.17, 15) is 9.59 Å². The van der Waals surface area contributed by atoms with E-state index >= 15 is 0 Å². The van der Waals surface area contributed by atoms with E-state index in [1.54, 1.807) is 11.0 Å². The van der Waals surface area contributed by atoms with Crippen LogP contribution in [0, 0.1) is 13.8 Å². The van der Waals surface area contributed by atoms with Crippen LogP contribution >= 0.6 is 0 Å². The summed E-state index contributed by atoms with van der Waals surface area (Å²) in [7, 11) is 0. The van der Waals surface area contributed by atoms with E-state index in [0.29, 0.717) is 11.1 Å². The molecule has 1 unspecified atom stereocenters. The highest BCUT2D eigenvalue weighted by Gasteiger charge is 2.31. The normalized spacial score (nSPS) is 15.1.